The van der Waals surface area contributed by atoms with Gasteiger partial charge in [0, 0.05) is 22.2 Å². The van der Waals surface area contributed by atoms with Gasteiger partial charge in [0.25, 0.3) is 11.8 Å². The minimum atomic E-state index is -0.476. The number of halogens is 1. The second-order valence-corrected chi connectivity index (χ2v) is 10.2. The van der Waals surface area contributed by atoms with Gasteiger partial charge >= 0.3 is 0 Å². The summed E-state index contributed by atoms with van der Waals surface area (Å²) in [4.78, 5) is 29.7. The minimum absolute atomic E-state index is 0.0672. The van der Waals surface area contributed by atoms with Crippen molar-refractivity contribution < 1.29 is 9.59 Å². The standard InChI is InChI=1S/C25H26BrN3O2S/c1-5-28-21-11-6-16(12-19(21)15(2)14-25(28,3)4)13-20-22(30)27-24(32)29(23(20)31)18-9-7-17(26)8-10-18/h6-13,15H,5,14H2,1-4H3,(H,27,30,32)/b20-13+/t15-/m1/s1. The summed E-state index contributed by atoms with van der Waals surface area (Å²) >= 11 is 8.68. The third kappa shape index (κ3) is 3.99. The molecule has 0 bridgehead atoms. The molecule has 0 saturated carbocycles. The average Bonchev–Trinajstić information content (AvgIpc) is 2.72. The number of thiocarbonyl (C=S) groups is 1. The normalized spacial score (nSPS) is 21.6. The Kier molecular flexibility index (Phi) is 5.98. The summed E-state index contributed by atoms with van der Waals surface area (Å²) in [5.74, 6) is -0.525. The molecule has 2 aliphatic rings. The maximum absolute atomic E-state index is 13.3. The molecule has 1 N–H and O–H groups in total. The summed E-state index contributed by atoms with van der Waals surface area (Å²) in [6.07, 6.45) is 2.70. The fourth-order valence-corrected chi connectivity index (χ4v) is 5.39. The predicted molar refractivity (Wildman–Crippen MR) is 137 cm³/mol. The first kappa shape index (κ1) is 22.7. The lowest BCUT2D eigenvalue weighted by Crippen LogP contribution is -2.54. The highest BCUT2D eigenvalue weighted by molar-refractivity contribution is 9.10. The van der Waals surface area contributed by atoms with E-state index in [9.17, 15) is 9.59 Å². The molecule has 32 heavy (non-hydrogen) atoms. The number of carbonyl (C=O) groups is 2. The number of benzene rings is 2. The molecule has 2 aliphatic heterocycles. The van der Waals surface area contributed by atoms with E-state index in [2.05, 4.69) is 66.0 Å². The average molecular weight is 512 g/mol. The fourth-order valence-electron chi connectivity index (χ4n) is 4.85. The van der Waals surface area contributed by atoms with Gasteiger partial charge in [0.15, 0.2) is 5.11 Å². The summed E-state index contributed by atoms with van der Waals surface area (Å²) in [5.41, 5.74) is 4.04. The number of nitrogens with one attached hydrogen (secondary N) is 1. The van der Waals surface area contributed by atoms with Crippen LogP contribution in [0.2, 0.25) is 0 Å². The molecular weight excluding hydrogens is 486 g/mol. The van der Waals surface area contributed by atoms with Gasteiger partial charge in [-0.05, 0) is 98.9 Å². The zero-order valence-corrected chi connectivity index (χ0v) is 21.0. The van der Waals surface area contributed by atoms with Crippen LogP contribution in [0.1, 0.15) is 51.2 Å². The van der Waals surface area contributed by atoms with E-state index in [0.29, 0.717) is 11.6 Å². The van der Waals surface area contributed by atoms with Crippen LogP contribution in [-0.4, -0.2) is 29.0 Å². The molecule has 0 unspecified atom stereocenters. The van der Waals surface area contributed by atoms with Crippen molar-refractivity contribution in [2.24, 2.45) is 0 Å². The summed E-state index contributed by atoms with van der Waals surface area (Å²) < 4.78 is 0.893. The topological polar surface area (TPSA) is 52.7 Å². The number of fused-ring (bicyclic) bond motifs is 1. The first-order valence-electron chi connectivity index (χ1n) is 10.7. The highest BCUT2D eigenvalue weighted by atomic mass is 79.9. The lowest BCUT2D eigenvalue weighted by atomic mass is 9.79. The number of nitrogens with zero attached hydrogens (tertiary/aromatic N) is 2. The van der Waals surface area contributed by atoms with Crippen LogP contribution in [0.3, 0.4) is 0 Å². The van der Waals surface area contributed by atoms with E-state index in [-0.39, 0.29) is 16.2 Å². The number of hydrogen-bond acceptors (Lipinski definition) is 4. The molecule has 2 amide bonds. The number of amides is 2. The van der Waals surface area contributed by atoms with Gasteiger partial charge in [-0.15, -0.1) is 0 Å². The van der Waals surface area contributed by atoms with Crippen LogP contribution in [0, 0.1) is 0 Å². The first-order chi connectivity index (χ1) is 15.1. The Morgan fingerprint density at radius 2 is 1.88 bits per heavy atom. The third-order valence-electron chi connectivity index (χ3n) is 6.22. The van der Waals surface area contributed by atoms with Gasteiger partial charge in [-0.25, -0.2) is 0 Å². The quantitative estimate of drug-likeness (QED) is 0.340. The van der Waals surface area contributed by atoms with Crippen molar-refractivity contribution in [1.82, 2.24) is 5.32 Å². The number of rotatable bonds is 3. The van der Waals surface area contributed by atoms with Gasteiger partial charge in [-0.3, -0.25) is 19.8 Å². The number of anilines is 2. The van der Waals surface area contributed by atoms with Crippen LogP contribution in [0.5, 0.6) is 0 Å². The Hall–Kier alpha value is -2.51. The maximum Gasteiger partial charge on any atom is 0.270 e. The molecule has 0 spiro atoms. The van der Waals surface area contributed by atoms with Gasteiger partial charge in [0.05, 0.1) is 5.69 Å². The molecule has 2 aromatic carbocycles. The smallest absolute Gasteiger partial charge is 0.270 e. The molecule has 166 valence electrons. The minimum Gasteiger partial charge on any atom is -0.366 e. The predicted octanol–water partition coefficient (Wildman–Crippen LogP) is 5.39. The second-order valence-electron chi connectivity index (χ2n) is 8.91. The van der Waals surface area contributed by atoms with Crippen molar-refractivity contribution in [2.75, 3.05) is 16.3 Å². The van der Waals surface area contributed by atoms with Crippen molar-refractivity contribution in [1.29, 1.82) is 0 Å². The molecule has 2 aromatic rings. The molecule has 1 saturated heterocycles. The van der Waals surface area contributed by atoms with E-state index in [4.69, 9.17) is 12.2 Å². The molecule has 0 radical (unpaired) electrons. The zero-order chi connectivity index (χ0) is 23.2. The van der Waals surface area contributed by atoms with Gasteiger partial charge in [0.2, 0.25) is 0 Å². The van der Waals surface area contributed by atoms with E-state index < -0.39 is 11.8 Å². The molecule has 7 heteroatoms. The Labute approximate surface area is 202 Å². The molecular formula is C25H26BrN3O2S. The van der Waals surface area contributed by atoms with Gasteiger partial charge in [-0.2, -0.15) is 0 Å². The molecule has 0 aromatic heterocycles. The van der Waals surface area contributed by atoms with Crippen LogP contribution in [0.25, 0.3) is 6.08 Å². The van der Waals surface area contributed by atoms with E-state index in [1.165, 1.54) is 16.2 Å². The van der Waals surface area contributed by atoms with Crippen LogP contribution in [-0.2, 0) is 9.59 Å². The highest BCUT2D eigenvalue weighted by Crippen LogP contribution is 2.43. The van der Waals surface area contributed by atoms with Crippen molar-refractivity contribution in [3.8, 4) is 0 Å². The third-order valence-corrected chi connectivity index (χ3v) is 7.04. The van der Waals surface area contributed by atoms with E-state index >= 15 is 0 Å². The van der Waals surface area contributed by atoms with Gasteiger partial charge in [0.1, 0.15) is 5.57 Å². The van der Waals surface area contributed by atoms with Crippen LogP contribution in [0.15, 0.2) is 52.5 Å². The highest BCUT2D eigenvalue weighted by Gasteiger charge is 2.36. The van der Waals surface area contributed by atoms with Crippen LogP contribution in [0.4, 0.5) is 11.4 Å². The van der Waals surface area contributed by atoms with E-state index in [1.54, 1.807) is 18.2 Å². The van der Waals surface area contributed by atoms with Crippen molar-refractivity contribution in [2.45, 2.75) is 45.6 Å². The molecule has 5 nitrogen and oxygen atoms in total. The number of carbonyl (C=O) groups excluding carboxylic acids is 2. The van der Waals surface area contributed by atoms with Crippen LogP contribution < -0.4 is 15.1 Å². The Morgan fingerprint density at radius 1 is 1.19 bits per heavy atom. The lowest BCUT2D eigenvalue weighted by molar-refractivity contribution is -0.122. The Bertz CT molecular complexity index is 1140. The van der Waals surface area contributed by atoms with Crippen molar-refractivity contribution >= 4 is 62.5 Å². The largest absolute Gasteiger partial charge is 0.366 e. The number of hydrogen-bond donors (Lipinski definition) is 1. The van der Waals surface area contributed by atoms with Crippen molar-refractivity contribution in [3.05, 3.63) is 63.6 Å². The summed E-state index contributed by atoms with van der Waals surface area (Å²) in [6.45, 7) is 9.87. The summed E-state index contributed by atoms with van der Waals surface area (Å²) in [5, 5.41) is 2.73. The molecule has 4 rings (SSSR count). The van der Waals surface area contributed by atoms with E-state index in [0.717, 1.165) is 23.0 Å². The van der Waals surface area contributed by atoms with Gasteiger partial charge in [-0.1, -0.05) is 28.9 Å². The Balaban J connectivity index is 1.72. The first-order valence-corrected chi connectivity index (χ1v) is 11.9. The van der Waals surface area contributed by atoms with Crippen molar-refractivity contribution in [3.63, 3.8) is 0 Å². The second kappa shape index (κ2) is 8.45. The fraction of sp³-hybridized carbons (Fsp3) is 0.320. The molecule has 2 heterocycles. The molecule has 1 atom stereocenters. The van der Waals surface area contributed by atoms with Crippen LogP contribution >= 0.6 is 28.1 Å². The SMILES string of the molecule is CCN1c2ccc(/C=C3\C(=O)NC(=S)N(c4ccc(Br)cc4)C3=O)cc2[C@H](C)CC1(C)C. The Morgan fingerprint density at radius 3 is 2.53 bits per heavy atom. The summed E-state index contributed by atoms with van der Waals surface area (Å²) in [6, 6.07) is 13.4. The summed E-state index contributed by atoms with van der Waals surface area (Å²) in [7, 11) is 0. The maximum atomic E-state index is 13.3. The van der Waals surface area contributed by atoms with E-state index in [1.807, 2.05) is 18.2 Å². The molecule has 1 fully saturated rings. The van der Waals surface area contributed by atoms with Gasteiger partial charge < -0.3 is 4.90 Å². The zero-order valence-electron chi connectivity index (χ0n) is 18.6. The monoisotopic (exact) mass is 511 g/mol. The lowest BCUT2D eigenvalue weighted by Gasteiger charge is -2.47. The molecule has 0 aliphatic carbocycles.